The first-order valence-corrected chi connectivity index (χ1v) is 6.22. The van der Waals surface area contributed by atoms with Crippen molar-refractivity contribution in [1.82, 2.24) is 10.2 Å². The van der Waals surface area contributed by atoms with E-state index in [0.717, 1.165) is 6.61 Å². The largest absolute Gasteiger partial charge is 0.379 e. The summed E-state index contributed by atoms with van der Waals surface area (Å²) in [6.07, 6.45) is 2.50. The number of rotatable bonds is 6. The number of carbonyl (C=O) groups excluding carboxylic acids is 2. The van der Waals surface area contributed by atoms with Gasteiger partial charge in [-0.1, -0.05) is 0 Å². The zero-order chi connectivity index (χ0) is 12.8. The zero-order valence-corrected chi connectivity index (χ0v) is 11.0. The second-order valence-corrected chi connectivity index (χ2v) is 5.00. The minimum absolute atomic E-state index is 0.447. The molecule has 0 bridgehead atoms. The number of halogens is 1. The SMILES string of the molecule is CC(Cl)C(=O)NC(=O)N(C)CCOCC1CC1. The fraction of sp³-hybridized carbons (Fsp3) is 0.818. The third-order valence-electron chi connectivity index (χ3n) is 2.56. The van der Waals surface area contributed by atoms with Crippen LogP contribution in [-0.4, -0.2) is 49.0 Å². The van der Waals surface area contributed by atoms with Gasteiger partial charge in [0.25, 0.3) is 0 Å². The average Bonchev–Trinajstić information content (AvgIpc) is 3.07. The smallest absolute Gasteiger partial charge is 0.323 e. The first-order chi connectivity index (χ1) is 8.00. The predicted octanol–water partition coefficient (Wildman–Crippen LogP) is 1.21. The molecular weight excluding hydrogens is 244 g/mol. The normalized spacial score (nSPS) is 16.4. The van der Waals surface area contributed by atoms with Crippen LogP contribution in [0.15, 0.2) is 0 Å². The van der Waals surface area contributed by atoms with Gasteiger partial charge in [0.2, 0.25) is 5.91 Å². The van der Waals surface area contributed by atoms with Crippen molar-refractivity contribution < 1.29 is 14.3 Å². The lowest BCUT2D eigenvalue weighted by atomic mass is 10.4. The summed E-state index contributed by atoms with van der Waals surface area (Å²) in [6, 6.07) is -0.447. The van der Waals surface area contributed by atoms with Gasteiger partial charge in [0.15, 0.2) is 0 Å². The van der Waals surface area contributed by atoms with E-state index in [1.807, 2.05) is 0 Å². The maximum Gasteiger partial charge on any atom is 0.323 e. The molecule has 6 heteroatoms. The fourth-order valence-corrected chi connectivity index (χ4v) is 1.19. The summed E-state index contributed by atoms with van der Waals surface area (Å²) < 4.78 is 5.40. The van der Waals surface area contributed by atoms with Gasteiger partial charge in [-0.2, -0.15) is 0 Å². The van der Waals surface area contributed by atoms with Crippen molar-refractivity contribution >= 4 is 23.5 Å². The lowest BCUT2D eigenvalue weighted by molar-refractivity contribution is -0.119. The fourth-order valence-electron chi connectivity index (χ4n) is 1.14. The molecule has 1 unspecified atom stereocenters. The molecule has 1 saturated carbocycles. The van der Waals surface area contributed by atoms with Crippen molar-refractivity contribution in [3.8, 4) is 0 Å². The van der Waals surface area contributed by atoms with E-state index in [9.17, 15) is 9.59 Å². The second-order valence-electron chi connectivity index (χ2n) is 4.35. The molecule has 1 aliphatic carbocycles. The number of alkyl halides is 1. The Balaban J connectivity index is 2.09. The van der Waals surface area contributed by atoms with Crippen molar-refractivity contribution in [2.75, 3.05) is 26.8 Å². The number of hydrogen-bond acceptors (Lipinski definition) is 3. The first-order valence-electron chi connectivity index (χ1n) is 5.78. The third kappa shape index (κ3) is 5.89. The van der Waals surface area contributed by atoms with Crippen LogP contribution in [0.3, 0.4) is 0 Å². The van der Waals surface area contributed by atoms with Crippen molar-refractivity contribution in [2.45, 2.75) is 25.1 Å². The Labute approximate surface area is 106 Å². The number of hydrogen-bond donors (Lipinski definition) is 1. The van der Waals surface area contributed by atoms with E-state index in [2.05, 4.69) is 5.32 Å². The molecule has 17 heavy (non-hydrogen) atoms. The van der Waals surface area contributed by atoms with Gasteiger partial charge >= 0.3 is 6.03 Å². The van der Waals surface area contributed by atoms with Crippen molar-refractivity contribution in [3.63, 3.8) is 0 Å². The molecule has 0 aromatic rings. The second kappa shape index (κ2) is 6.81. The van der Waals surface area contributed by atoms with Crippen LogP contribution in [0.5, 0.6) is 0 Å². The molecule has 0 radical (unpaired) electrons. The summed E-state index contributed by atoms with van der Waals surface area (Å²) >= 11 is 5.54. The summed E-state index contributed by atoms with van der Waals surface area (Å²) in [5.74, 6) is 0.232. The van der Waals surface area contributed by atoms with Gasteiger partial charge in [-0.25, -0.2) is 4.79 Å². The Bertz CT molecular complexity index is 280. The van der Waals surface area contributed by atoms with Crippen LogP contribution in [0.2, 0.25) is 0 Å². The van der Waals surface area contributed by atoms with Gasteiger partial charge in [-0.15, -0.1) is 11.6 Å². The molecule has 0 aromatic heterocycles. The number of nitrogens with one attached hydrogen (secondary N) is 1. The highest BCUT2D eigenvalue weighted by Gasteiger charge is 2.21. The summed E-state index contributed by atoms with van der Waals surface area (Å²) in [6.45, 7) is 3.24. The highest BCUT2D eigenvalue weighted by Crippen LogP contribution is 2.28. The molecule has 1 atom stereocenters. The van der Waals surface area contributed by atoms with Gasteiger partial charge < -0.3 is 9.64 Å². The third-order valence-corrected chi connectivity index (χ3v) is 2.76. The van der Waals surface area contributed by atoms with Gasteiger partial charge in [-0.05, 0) is 25.7 Å². The number of ether oxygens (including phenoxy) is 1. The molecule has 0 heterocycles. The quantitative estimate of drug-likeness (QED) is 0.578. The Morgan fingerprint density at radius 3 is 2.71 bits per heavy atom. The van der Waals surface area contributed by atoms with E-state index in [1.165, 1.54) is 24.7 Å². The molecule has 0 aliphatic heterocycles. The number of imide groups is 1. The molecule has 1 rings (SSSR count). The summed E-state index contributed by atoms with van der Waals surface area (Å²) in [5, 5.41) is 1.49. The highest BCUT2D eigenvalue weighted by molar-refractivity contribution is 6.31. The molecule has 1 aliphatic rings. The van der Waals surface area contributed by atoms with E-state index < -0.39 is 17.3 Å². The van der Waals surface area contributed by atoms with Gasteiger partial charge in [0, 0.05) is 20.2 Å². The lowest BCUT2D eigenvalue weighted by Crippen LogP contribution is -2.44. The van der Waals surface area contributed by atoms with Crippen LogP contribution in [0.1, 0.15) is 19.8 Å². The predicted molar refractivity (Wildman–Crippen MR) is 65.0 cm³/mol. The van der Waals surface area contributed by atoms with E-state index in [0.29, 0.717) is 19.1 Å². The molecule has 3 amide bonds. The van der Waals surface area contributed by atoms with E-state index in [1.54, 1.807) is 7.05 Å². The van der Waals surface area contributed by atoms with Crippen molar-refractivity contribution in [3.05, 3.63) is 0 Å². The first kappa shape index (κ1) is 14.3. The standard InChI is InChI=1S/C11H19ClN2O3/c1-8(12)10(15)13-11(16)14(2)5-6-17-7-9-3-4-9/h8-9H,3-7H2,1-2H3,(H,13,15,16). The highest BCUT2D eigenvalue weighted by atomic mass is 35.5. The molecule has 5 nitrogen and oxygen atoms in total. The average molecular weight is 263 g/mol. The van der Waals surface area contributed by atoms with Crippen molar-refractivity contribution in [2.24, 2.45) is 5.92 Å². The van der Waals surface area contributed by atoms with Gasteiger partial charge in [-0.3, -0.25) is 10.1 Å². The number of carbonyl (C=O) groups is 2. The number of nitrogens with zero attached hydrogens (tertiary/aromatic N) is 1. The Hall–Kier alpha value is -0.810. The molecule has 98 valence electrons. The van der Waals surface area contributed by atoms with Crippen molar-refractivity contribution in [1.29, 1.82) is 0 Å². The number of urea groups is 1. The van der Waals surface area contributed by atoms with E-state index >= 15 is 0 Å². The molecule has 0 spiro atoms. The van der Waals surface area contributed by atoms with Crippen LogP contribution in [0, 0.1) is 5.92 Å². The van der Waals surface area contributed by atoms with E-state index in [4.69, 9.17) is 16.3 Å². The van der Waals surface area contributed by atoms with E-state index in [-0.39, 0.29) is 0 Å². The number of likely N-dealkylation sites (N-methyl/N-ethyl adjacent to an activating group) is 1. The minimum atomic E-state index is -0.710. The van der Waals surface area contributed by atoms with Crippen LogP contribution < -0.4 is 5.32 Å². The maximum atomic E-state index is 11.5. The summed E-state index contributed by atoms with van der Waals surface area (Å²) in [7, 11) is 1.61. The molecule has 1 fully saturated rings. The molecule has 0 aromatic carbocycles. The lowest BCUT2D eigenvalue weighted by Gasteiger charge is -2.17. The minimum Gasteiger partial charge on any atom is -0.379 e. The van der Waals surface area contributed by atoms with Gasteiger partial charge in [0.05, 0.1) is 6.61 Å². The summed E-state index contributed by atoms with van der Waals surface area (Å²) in [5.41, 5.74) is 0. The van der Waals surface area contributed by atoms with Gasteiger partial charge in [0.1, 0.15) is 5.38 Å². The zero-order valence-electron chi connectivity index (χ0n) is 10.2. The Morgan fingerprint density at radius 1 is 1.53 bits per heavy atom. The van der Waals surface area contributed by atoms with Crippen LogP contribution in [-0.2, 0) is 9.53 Å². The van der Waals surface area contributed by atoms with Crippen LogP contribution >= 0.6 is 11.6 Å². The van der Waals surface area contributed by atoms with Crippen LogP contribution in [0.25, 0.3) is 0 Å². The number of amides is 3. The molecular formula is C11H19ClN2O3. The van der Waals surface area contributed by atoms with Crippen LogP contribution in [0.4, 0.5) is 4.79 Å². The topological polar surface area (TPSA) is 58.6 Å². The monoisotopic (exact) mass is 262 g/mol. The Kier molecular flexibility index (Phi) is 5.71. The summed E-state index contributed by atoms with van der Waals surface area (Å²) in [4.78, 5) is 24.0. The molecule has 0 saturated heterocycles. The maximum absolute atomic E-state index is 11.5. The molecule has 1 N–H and O–H groups in total. The Morgan fingerprint density at radius 2 is 2.18 bits per heavy atom.